The van der Waals surface area contributed by atoms with E-state index in [4.69, 9.17) is 0 Å². The maximum atomic E-state index is 13.8. The highest BCUT2D eigenvalue weighted by atomic mass is 19.1. The fraction of sp³-hybridized carbons (Fsp3) is 0.294. The molecule has 1 N–H and O–H groups in total. The highest BCUT2D eigenvalue weighted by molar-refractivity contribution is 5.55. The number of hydrogen-bond acceptors (Lipinski definition) is 2. The third-order valence-electron chi connectivity index (χ3n) is 3.95. The third kappa shape index (κ3) is 2.41. The number of anilines is 1. The van der Waals surface area contributed by atoms with Gasteiger partial charge in [-0.05, 0) is 36.1 Å². The van der Waals surface area contributed by atoms with Crippen molar-refractivity contribution in [3.63, 3.8) is 0 Å². The van der Waals surface area contributed by atoms with Crippen molar-refractivity contribution >= 4 is 5.69 Å². The second kappa shape index (κ2) is 5.63. The first-order valence-electron chi connectivity index (χ1n) is 6.99. The molecule has 2 aromatic carbocycles. The molecule has 0 spiro atoms. The summed E-state index contributed by atoms with van der Waals surface area (Å²) >= 11 is 0. The number of halogens is 1. The van der Waals surface area contributed by atoms with Crippen LogP contribution < -0.4 is 4.90 Å². The van der Waals surface area contributed by atoms with Crippen LogP contribution >= 0.6 is 0 Å². The molecular weight excluding hydrogens is 253 g/mol. The number of nitrogens with zero attached hydrogens (tertiary/aromatic N) is 1. The van der Waals surface area contributed by atoms with Gasteiger partial charge in [0.15, 0.2) is 0 Å². The maximum absolute atomic E-state index is 13.8. The first kappa shape index (κ1) is 13.1. The molecule has 2 aromatic rings. The summed E-state index contributed by atoms with van der Waals surface area (Å²) in [5.41, 5.74) is 3.87. The molecule has 0 bridgehead atoms. The van der Waals surface area contributed by atoms with Gasteiger partial charge in [-0.25, -0.2) is 4.39 Å². The van der Waals surface area contributed by atoms with E-state index in [1.807, 2.05) is 12.1 Å². The van der Waals surface area contributed by atoms with E-state index in [1.165, 1.54) is 17.2 Å². The molecule has 0 saturated heterocycles. The lowest BCUT2D eigenvalue weighted by Crippen LogP contribution is -2.24. The number of fused-ring (bicyclic) bond motifs is 1. The lowest BCUT2D eigenvalue weighted by molar-refractivity contribution is 0.276. The molecule has 0 aromatic heterocycles. The van der Waals surface area contributed by atoms with Crippen LogP contribution in [0.1, 0.15) is 23.1 Å². The van der Waals surface area contributed by atoms with Gasteiger partial charge in [-0.1, -0.05) is 30.3 Å². The van der Waals surface area contributed by atoms with Crippen LogP contribution in [0.5, 0.6) is 0 Å². The molecule has 1 aliphatic heterocycles. The Kier molecular flexibility index (Phi) is 3.70. The molecule has 104 valence electrons. The second-order valence-corrected chi connectivity index (χ2v) is 5.19. The zero-order valence-electron chi connectivity index (χ0n) is 11.3. The van der Waals surface area contributed by atoms with Crippen LogP contribution in [0.4, 0.5) is 10.1 Å². The Labute approximate surface area is 118 Å². The van der Waals surface area contributed by atoms with Crippen molar-refractivity contribution in [1.29, 1.82) is 0 Å². The SMILES string of the molecule is OCc1c(F)cccc1N1CCCc2ccccc2C1. The smallest absolute Gasteiger partial charge is 0.130 e. The Morgan fingerprint density at radius 3 is 2.65 bits per heavy atom. The van der Waals surface area contributed by atoms with E-state index in [0.717, 1.165) is 31.6 Å². The molecule has 1 heterocycles. The van der Waals surface area contributed by atoms with Crippen LogP contribution in [0.2, 0.25) is 0 Å². The van der Waals surface area contributed by atoms with Crippen molar-refractivity contribution in [1.82, 2.24) is 0 Å². The first-order chi connectivity index (χ1) is 9.79. The number of aliphatic hydroxyl groups is 1. The summed E-state index contributed by atoms with van der Waals surface area (Å²) in [5, 5.41) is 9.43. The normalized spacial score (nSPS) is 14.8. The molecule has 0 aliphatic carbocycles. The van der Waals surface area contributed by atoms with Gasteiger partial charge in [0, 0.05) is 24.3 Å². The van der Waals surface area contributed by atoms with E-state index in [9.17, 15) is 9.50 Å². The fourth-order valence-corrected chi connectivity index (χ4v) is 2.91. The third-order valence-corrected chi connectivity index (χ3v) is 3.95. The number of benzene rings is 2. The van der Waals surface area contributed by atoms with Crippen molar-refractivity contribution in [2.45, 2.75) is 26.0 Å². The van der Waals surface area contributed by atoms with Crippen LogP contribution in [0.25, 0.3) is 0 Å². The fourth-order valence-electron chi connectivity index (χ4n) is 2.91. The number of aryl methyl sites for hydroxylation is 1. The van der Waals surface area contributed by atoms with Gasteiger partial charge in [-0.2, -0.15) is 0 Å². The van der Waals surface area contributed by atoms with Gasteiger partial charge in [0.25, 0.3) is 0 Å². The van der Waals surface area contributed by atoms with Gasteiger partial charge < -0.3 is 10.0 Å². The van der Waals surface area contributed by atoms with E-state index in [0.29, 0.717) is 5.56 Å². The Morgan fingerprint density at radius 2 is 1.85 bits per heavy atom. The van der Waals surface area contributed by atoms with Crippen LogP contribution in [0, 0.1) is 5.82 Å². The molecular formula is C17H18FNO. The van der Waals surface area contributed by atoms with Crippen molar-refractivity contribution in [2.75, 3.05) is 11.4 Å². The summed E-state index contributed by atoms with van der Waals surface area (Å²) in [6.07, 6.45) is 2.09. The summed E-state index contributed by atoms with van der Waals surface area (Å²) in [7, 11) is 0. The molecule has 3 heteroatoms. The van der Waals surface area contributed by atoms with Crippen molar-refractivity contribution in [3.8, 4) is 0 Å². The predicted octanol–water partition coefficient (Wildman–Crippen LogP) is 3.27. The number of rotatable bonds is 2. The van der Waals surface area contributed by atoms with Gasteiger partial charge in [0.2, 0.25) is 0 Å². The summed E-state index contributed by atoms with van der Waals surface area (Å²) in [4.78, 5) is 2.17. The van der Waals surface area contributed by atoms with E-state index >= 15 is 0 Å². The Hall–Kier alpha value is -1.87. The van der Waals surface area contributed by atoms with E-state index in [-0.39, 0.29) is 12.4 Å². The monoisotopic (exact) mass is 271 g/mol. The standard InChI is InChI=1S/C17H18FNO/c18-16-8-3-9-17(15(16)12-20)19-10-4-7-13-5-1-2-6-14(13)11-19/h1-3,5-6,8-9,20H,4,7,10-12H2. The summed E-state index contributed by atoms with van der Waals surface area (Å²) in [5.74, 6) is -0.331. The van der Waals surface area contributed by atoms with Gasteiger partial charge in [0.1, 0.15) is 5.82 Å². The van der Waals surface area contributed by atoms with E-state index in [1.54, 1.807) is 6.07 Å². The lowest BCUT2D eigenvalue weighted by atomic mass is 10.0. The molecule has 1 aliphatic rings. The molecule has 0 saturated carbocycles. The van der Waals surface area contributed by atoms with Crippen LogP contribution in [0.3, 0.4) is 0 Å². The summed E-state index contributed by atoms with van der Waals surface area (Å²) in [6, 6.07) is 13.4. The molecule has 0 unspecified atom stereocenters. The predicted molar refractivity (Wildman–Crippen MR) is 78.1 cm³/mol. The first-order valence-corrected chi connectivity index (χ1v) is 6.99. The topological polar surface area (TPSA) is 23.5 Å². The van der Waals surface area contributed by atoms with Crippen LogP contribution in [-0.2, 0) is 19.6 Å². The Morgan fingerprint density at radius 1 is 1.05 bits per heavy atom. The van der Waals surface area contributed by atoms with Gasteiger partial charge >= 0.3 is 0 Å². The molecule has 20 heavy (non-hydrogen) atoms. The average Bonchev–Trinajstić information content (AvgIpc) is 2.69. The largest absolute Gasteiger partial charge is 0.391 e. The summed E-state index contributed by atoms with van der Waals surface area (Å²) in [6.45, 7) is 1.39. The highest BCUT2D eigenvalue weighted by Gasteiger charge is 2.18. The summed E-state index contributed by atoms with van der Waals surface area (Å²) < 4.78 is 13.8. The van der Waals surface area contributed by atoms with Gasteiger partial charge in [-0.3, -0.25) is 0 Å². The van der Waals surface area contributed by atoms with Crippen LogP contribution in [-0.4, -0.2) is 11.7 Å². The van der Waals surface area contributed by atoms with E-state index in [2.05, 4.69) is 23.1 Å². The Bertz CT molecular complexity index is 612. The number of hydrogen-bond donors (Lipinski definition) is 1. The Balaban J connectivity index is 1.98. The molecule has 3 rings (SSSR count). The minimum atomic E-state index is -0.331. The molecule has 2 nitrogen and oxygen atoms in total. The maximum Gasteiger partial charge on any atom is 0.130 e. The average molecular weight is 271 g/mol. The van der Waals surface area contributed by atoms with Crippen molar-refractivity contribution in [2.24, 2.45) is 0 Å². The molecule has 0 atom stereocenters. The van der Waals surface area contributed by atoms with Crippen molar-refractivity contribution < 1.29 is 9.50 Å². The minimum absolute atomic E-state index is 0.264. The van der Waals surface area contributed by atoms with Crippen molar-refractivity contribution in [3.05, 3.63) is 65.0 Å². The highest BCUT2D eigenvalue weighted by Crippen LogP contribution is 2.28. The van der Waals surface area contributed by atoms with E-state index < -0.39 is 0 Å². The number of aliphatic hydroxyl groups excluding tert-OH is 1. The zero-order chi connectivity index (χ0) is 13.9. The molecule has 0 fully saturated rings. The quantitative estimate of drug-likeness (QED) is 0.906. The zero-order valence-corrected chi connectivity index (χ0v) is 11.3. The molecule has 0 amide bonds. The van der Waals surface area contributed by atoms with Gasteiger partial charge in [-0.15, -0.1) is 0 Å². The van der Waals surface area contributed by atoms with Gasteiger partial charge in [0.05, 0.1) is 6.61 Å². The minimum Gasteiger partial charge on any atom is -0.391 e. The second-order valence-electron chi connectivity index (χ2n) is 5.19. The lowest BCUT2D eigenvalue weighted by Gasteiger charge is -2.25. The molecule has 0 radical (unpaired) electrons. The van der Waals surface area contributed by atoms with Crippen LogP contribution in [0.15, 0.2) is 42.5 Å².